The molecule has 0 aliphatic heterocycles. The average Bonchev–Trinajstić information content (AvgIpc) is 2.54. The third-order valence-electron chi connectivity index (χ3n) is 3.74. The number of nitrogen functional groups attached to an aromatic ring is 1. The average molecular weight is 264 g/mol. The van der Waals surface area contributed by atoms with E-state index in [1.807, 2.05) is 0 Å². The Labute approximate surface area is 112 Å². The van der Waals surface area contributed by atoms with Gasteiger partial charge in [0.1, 0.15) is 11.6 Å². The second-order valence-electron chi connectivity index (χ2n) is 5.26. The quantitative estimate of drug-likeness (QED) is 0.497. The molecule has 1 heterocycles. The zero-order valence-corrected chi connectivity index (χ0v) is 11.1. The van der Waals surface area contributed by atoms with Crippen molar-refractivity contribution in [3.8, 4) is 0 Å². The van der Waals surface area contributed by atoms with Crippen LogP contribution in [-0.2, 0) is 0 Å². The van der Waals surface area contributed by atoms with Crippen LogP contribution >= 0.6 is 0 Å². The van der Waals surface area contributed by atoms with Crippen molar-refractivity contribution in [3.05, 3.63) is 22.2 Å². The number of pyridine rings is 1. The summed E-state index contributed by atoms with van der Waals surface area (Å²) in [4.78, 5) is 14.5. The van der Waals surface area contributed by atoms with Crippen molar-refractivity contribution in [3.63, 3.8) is 0 Å². The van der Waals surface area contributed by atoms with Crippen molar-refractivity contribution in [2.75, 3.05) is 11.1 Å². The number of aromatic nitrogens is 1. The molecule has 104 valence electrons. The molecule has 1 aliphatic carbocycles. The molecule has 1 aromatic rings. The first-order chi connectivity index (χ1) is 9.06. The van der Waals surface area contributed by atoms with Gasteiger partial charge in [-0.05, 0) is 18.8 Å². The fraction of sp³-hybridized carbons (Fsp3) is 0.615. The molecule has 6 nitrogen and oxygen atoms in total. The van der Waals surface area contributed by atoms with Gasteiger partial charge in [-0.1, -0.05) is 26.2 Å². The summed E-state index contributed by atoms with van der Waals surface area (Å²) in [5.74, 6) is 1.23. The molecule has 0 aromatic carbocycles. The van der Waals surface area contributed by atoms with E-state index in [4.69, 9.17) is 5.73 Å². The van der Waals surface area contributed by atoms with E-state index in [2.05, 4.69) is 17.2 Å². The molecule has 0 bridgehead atoms. The van der Waals surface area contributed by atoms with Gasteiger partial charge in [0.15, 0.2) is 0 Å². The highest BCUT2D eigenvalue weighted by Crippen LogP contribution is 2.27. The van der Waals surface area contributed by atoms with E-state index in [1.165, 1.54) is 37.8 Å². The molecule has 1 aromatic heterocycles. The van der Waals surface area contributed by atoms with Gasteiger partial charge in [-0.3, -0.25) is 10.1 Å². The van der Waals surface area contributed by atoms with Crippen LogP contribution in [-0.4, -0.2) is 15.9 Å². The number of hydrogen-bond donors (Lipinski definition) is 2. The number of nitrogens with zero attached hydrogens (tertiary/aromatic N) is 2. The molecule has 0 radical (unpaired) electrons. The molecule has 1 aliphatic rings. The first-order valence-corrected chi connectivity index (χ1v) is 6.75. The number of nitrogens with one attached hydrogen (secondary N) is 1. The first-order valence-electron chi connectivity index (χ1n) is 6.75. The van der Waals surface area contributed by atoms with Gasteiger partial charge in [0.05, 0.1) is 17.1 Å². The summed E-state index contributed by atoms with van der Waals surface area (Å²) in [6, 6.07) is 3.05. The van der Waals surface area contributed by atoms with Crippen molar-refractivity contribution in [2.24, 2.45) is 5.92 Å². The Hall–Kier alpha value is -1.85. The third-order valence-corrected chi connectivity index (χ3v) is 3.74. The summed E-state index contributed by atoms with van der Waals surface area (Å²) >= 11 is 0. The predicted octanol–water partition coefficient (Wildman–Crippen LogP) is 2.95. The van der Waals surface area contributed by atoms with Crippen LogP contribution in [0.5, 0.6) is 0 Å². The van der Waals surface area contributed by atoms with Crippen LogP contribution in [0.4, 0.5) is 17.3 Å². The highest BCUT2D eigenvalue weighted by atomic mass is 16.6. The summed E-state index contributed by atoms with van der Waals surface area (Å²) in [6.45, 7) is 2.21. The van der Waals surface area contributed by atoms with Crippen LogP contribution in [0.2, 0.25) is 0 Å². The normalized spacial score (nSPS) is 23.6. The third kappa shape index (κ3) is 3.56. The van der Waals surface area contributed by atoms with Gasteiger partial charge in [-0.2, -0.15) is 0 Å². The van der Waals surface area contributed by atoms with E-state index in [-0.39, 0.29) is 11.5 Å². The second kappa shape index (κ2) is 5.86. The molecule has 0 amide bonds. The van der Waals surface area contributed by atoms with Crippen molar-refractivity contribution in [2.45, 2.75) is 45.1 Å². The van der Waals surface area contributed by atoms with Crippen LogP contribution in [0.25, 0.3) is 0 Å². The topological polar surface area (TPSA) is 94.1 Å². The van der Waals surface area contributed by atoms with Gasteiger partial charge in [-0.15, -0.1) is 0 Å². The lowest BCUT2D eigenvalue weighted by Crippen LogP contribution is -2.26. The molecular weight excluding hydrogens is 244 g/mol. The molecular formula is C13H20N4O2. The van der Waals surface area contributed by atoms with Gasteiger partial charge in [0, 0.05) is 6.04 Å². The Morgan fingerprint density at radius 3 is 2.84 bits per heavy atom. The van der Waals surface area contributed by atoms with E-state index in [9.17, 15) is 10.1 Å². The van der Waals surface area contributed by atoms with Crippen LogP contribution in [0.15, 0.2) is 12.1 Å². The van der Waals surface area contributed by atoms with E-state index in [0.29, 0.717) is 17.8 Å². The van der Waals surface area contributed by atoms with Gasteiger partial charge < -0.3 is 11.1 Å². The highest BCUT2D eigenvalue weighted by Gasteiger charge is 2.21. The van der Waals surface area contributed by atoms with E-state index in [1.54, 1.807) is 0 Å². The van der Waals surface area contributed by atoms with Crippen molar-refractivity contribution < 1.29 is 4.92 Å². The van der Waals surface area contributed by atoms with Gasteiger partial charge in [0.25, 0.3) is 5.69 Å². The summed E-state index contributed by atoms with van der Waals surface area (Å²) < 4.78 is 0. The lowest BCUT2D eigenvalue weighted by Gasteiger charge is -2.23. The predicted molar refractivity (Wildman–Crippen MR) is 75.0 cm³/mol. The van der Waals surface area contributed by atoms with Gasteiger partial charge in [-0.25, -0.2) is 4.98 Å². The summed E-state index contributed by atoms with van der Waals surface area (Å²) in [7, 11) is 0. The Bertz CT molecular complexity index is 464. The zero-order valence-electron chi connectivity index (χ0n) is 11.1. The lowest BCUT2D eigenvalue weighted by atomic mass is 9.97. The zero-order chi connectivity index (χ0) is 13.8. The Morgan fingerprint density at radius 2 is 2.11 bits per heavy atom. The Kier molecular flexibility index (Phi) is 4.19. The molecule has 3 N–H and O–H groups in total. The van der Waals surface area contributed by atoms with Crippen molar-refractivity contribution >= 4 is 17.3 Å². The number of anilines is 2. The van der Waals surface area contributed by atoms with Gasteiger partial charge >= 0.3 is 0 Å². The van der Waals surface area contributed by atoms with E-state index in [0.717, 1.165) is 6.42 Å². The Balaban J connectivity index is 2.15. The summed E-state index contributed by atoms with van der Waals surface area (Å²) in [5, 5.41) is 14.1. The van der Waals surface area contributed by atoms with Crippen molar-refractivity contribution in [1.82, 2.24) is 4.98 Å². The number of rotatable bonds is 3. The molecule has 0 spiro atoms. The lowest BCUT2D eigenvalue weighted by molar-refractivity contribution is -0.384. The van der Waals surface area contributed by atoms with Gasteiger partial charge in [0.2, 0.25) is 0 Å². The monoisotopic (exact) mass is 264 g/mol. The molecule has 6 heteroatoms. The number of nitrogens with two attached hydrogens (primary N) is 1. The largest absolute Gasteiger partial charge is 0.383 e. The molecule has 2 unspecified atom stereocenters. The maximum atomic E-state index is 10.8. The Morgan fingerprint density at radius 1 is 1.37 bits per heavy atom. The van der Waals surface area contributed by atoms with Crippen LogP contribution in [0.3, 0.4) is 0 Å². The first kappa shape index (κ1) is 13.6. The van der Waals surface area contributed by atoms with E-state index >= 15 is 0 Å². The standard InChI is InChI=1S/C13H20N4O2/c1-9-5-3-2-4-6-11(9)15-13-8-10(17(18)19)7-12(14)16-13/h7-9,11H,2-6H2,1H3,(H3,14,15,16). The summed E-state index contributed by atoms with van der Waals surface area (Å²) in [5.41, 5.74) is 5.59. The maximum absolute atomic E-state index is 10.8. The minimum atomic E-state index is -0.445. The van der Waals surface area contributed by atoms with E-state index < -0.39 is 4.92 Å². The van der Waals surface area contributed by atoms with Crippen molar-refractivity contribution in [1.29, 1.82) is 0 Å². The minimum absolute atomic E-state index is 0.0173. The minimum Gasteiger partial charge on any atom is -0.383 e. The molecule has 1 fully saturated rings. The molecule has 1 saturated carbocycles. The second-order valence-corrected chi connectivity index (χ2v) is 5.26. The molecule has 0 saturated heterocycles. The fourth-order valence-electron chi connectivity index (χ4n) is 2.61. The maximum Gasteiger partial charge on any atom is 0.276 e. The smallest absolute Gasteiger partial charge is 0.276 e. The van der Waals surface area contributed by atoms with Crippen LogP contribution in [0.1, 0.15) is 39.0 Å². The number of hydrogen-bond acceptors (Lipinski definition) is 5. The fourth-order valence-corrected chi connectivity index (χ4v) is 2.61. The van der Waals surface area contributed by atoms with Crippen LogP contribution in [0, 0.1) is 16.0 Å². The van der Waals surface area contributed by atoms with Crippen LogP contribution < -0.4 is 11.1 Å². The molecule has 2 atom stereocenters. The number of nitro groups is 1. The molecule has 2 rings (SSSR count). The SMILES string of the molecule is CC1CCCCCC1Nc1cc([N+](=O)[O-])cc(N)n1. The summed E-state index contributed by atoms with van der Waals surface area (Å²) in [6.07, 6.45) is 5.96. The highest BCUT2D eigenvalue weighted by molar-refractivity contribution is 5.53. The molecule has 19 heavy (non-hydrogen) atoms.